The zero-order chi connectivity index (χ0) is 91.1. The number of ether oxygens (including phenoxy) is 2. The molecule has 12 heterocycles. The van der Waals surface area contributed by atoms with E-state index in [1.165, 1.54) is 113 Å². The van der Waals surface area contributed by atoms with Gasteiger partial charge >= 0.3 is 12.0 Å². The van der Waals surface area contributed by atoms with Gasteiger partial charge in [0.05, 0.1) is 71.5 Å². The molecule has 4 amide bonds. The van der Waals surface area contributed by atoms with Gasteiger partial charge < -0.3 is 48.7 Å². The van der Waals surface area contributed by atoms with Gasteiger partial charge in [0.2, 0.25) is 23.6 Å². The molecular weight excluding hydrogens is 1650 g/mol. The van der Waals surface area contributed by atoms with Crippen LogP contribution >= 0.6 is 0 Å². The van der Waals surface area contributed by atoms with Crippen molar-refractivity contribution < 1.29 is 28.7 Å². The Hall–Kier alpha value is -13.3. The van der Waals surface area contributed by atoms with E-state index in [0.29, 0.717) is 94.7 Å². The molecule has 4 aliphatic carbocycles. The molecule has 20 rings (SSSR count). The van der Waals surface area contributed by atoms with Gasteiger partial charge in [0.15, 0.2) is 0 Å². The highest BCUT2D eigenvalue weighted by Gasteiger charge is 2.38. The number of fused-ring (bicyclic) bond motifs is 8. The van der Waals surface area contributed by atoms with Gasteiger partial charge in [0, 0.05) is 159 Å². The lowest BCUT2D eigenvalue weighted by Crippen LogP contribution is -2.54. The second-order valence-electron chi connectivity index (χ2n) is 36.2. The van der Waals surface area contributed by atoms with Crippen LogP contribution in [0.3, 0.4) is 0 Å². The summed E-state index contributed by atoms with van der Waals surface area (Å²) in [6.45, 7) is 43.0. The Bertz CT molecular complexity index is 6230. The van der Waals surface area contributed by atoms with Crippen molar-refractivity contribution in [1.29, 1.82) is 0 Å². The third kappa shape index (κ3) is 18.8. The summed E-state index contributed by atoms with van der Waals surface area (Å²) in [4.78, 5) is 103. The van der Waals surface area contributed by atoms with Crippen molar-refractivity contribution in [3.05, 3.63) is 226 Å². The maximum Gasteiger partial charge on any atom is 0.318 e. The normalized spacial score (nSPS) is 19.5. The van der Waals surface area contributed by atoms with Crippen molar-refractivity contribution in [2.45, 2.75) is 187 Å². The van der Waals surface area contributed by atoms with Crippen molar-refractivity contribution in [2.24, 2.45) is 0 Å². The SMILES string of the molecule is C=CC(=O)N1CCN(c2nc(OCCC)nc3c2CCC(c2c(C)ccc4[nH]ncc24)C3)CC1.C=CC(=O)N1CCN(c2nc(OCCCC)nc3c2CCC(c2c(C)ccc4[nH]ncc24)C3)CC1.C=CC(=O)N1CCN(c2ncnc3c2CCC(c2c(C)ccc4[nH]ncc24)C3)CC1C.C=CC(=O)N1CCN(c2ncnc3c2CCC(c2c(C)ccc4[nH]ncc24)C3)[C@@H](C)C1. The van der Waals surface area contributed by atoms with E-state index in [0.717, 1.165) is 210 Å². The average molecular weight is 1770 g/mol. The summed E-state index contributed by atoms with van der Waals surface area (Å²) in [6, 6.07) is 18.4. The standard InChI is InChI=1S/C27H34N6O2.C26H32N6O2.2C24H28N6O/c1-4-6-15-35-27-29-23-16-19(25-18(3)7-10-22-21(25)17-28-31-22)8-9-20(23)26(30-27)33-13-11-32(12-14-33)24(34)5-2;1-4-14-34-26-28-22-15-18(24-17(3)6-9-21-20(24)16-27-30-21)7-8-19(22)25(29-26)32-12-10-31(11-13-32)23(33)5-2;1-4-22(31)30-10-9-29(13-16(30)3)24-18-7-6-17(11-21(18)25-14-26-24)23-15(2)5-8-20-19(23)12-27-28-20;1-4-22(31)29-9-10-30(16(3)13-29)24-18-7-6-17(11-21(18)25-14-26-24)23-15(2)5-8-20-19(23)12-27-28-20/h5,7,10,17,19H,2,4,6,8-9,11-16H2,1,3H3,(H,28,31);5-6,9,16,18H,2,4,7-8,10-15H2,1,3H3,(H,27,30);2*4-5,8,12,14,16-17H,1,6-7,9-11,13H2,2-3H3,(H,27,28)/t;;;16-,17?/m...0/s1. The maximum absolute atomic E-state index is 12.1. The molecule has 5 unspecified atom stereocenters. The van der Waals surface area contributed by atoms with Gasteiger partial charge in [0.25, 0.3) is 0 Å². The number of nitrogens with one attached hydrogen (secondary N) is 4. The molecule has 6 atom stereocenters. The van der Waals surface area contributed by atoms with Crippen molar-refractivity contribution in [1.82, 2.24) is 100 Å². The van der Waals surface area contributed by atoms with Crippen molar-refractivity contribution >= 4 is 90.5 Å². The zero-order valence-corrected chi connectivity index (χ0v) is 77.0. The Kier molecular flexibility index (Phi) is 27.4. The van der Waals surface area contributed by atoms with Crippen LogP contribution in [0.2, 0.25) is 0 Å². The van der Waals surface area contributed by atoms with E-state index in [1.54, 1.807) is 12.7 Å². The van der Waals surface area contributed by atoms with E-state index in [9.17, 15) is 19.2 Å². The van der Waals surface area contributed by atoms with Crippen LogP contribution in [0.5, 0.6) is 12.0 Å². The molecule has 682 valence electrons. The number of amides is 4. The Morgan fingerprint density at radius 2 is 0.756 bits per heavy atom. The molecule has 4 aliphatic heterocycles. The number of aryl methyl sites for hydroxylation is 4. The molecule has 4 fully saturated rings. The van der Waals surface area contributed by atoms with Gasteiger partial charge in [-0.1, -0.05) is 70.8 Å². The maximum atomic E-state index is 12.1. The zero-order valence-electron chi connectivity index (χ0n) is 77.0. The molecular formula is C101H122N24O6. The summed E-state index contributed by atoms with van der Waals surface area (Å²) in [6.07, 6.45) is 31.3. The molecule has 30 nitrogen and oxygen atoms in total. The number of hydrogen-bond donors (Lipinski definition) is 4. The van der Waals surface area contributed by atoms with Crippen LogP contribution in [0.4, 0.5) is 23.3 Å². The Morgan fingerprint density at radius 3 is 1.15 bits per heavy atom. The summed E-state index contributed by atoms with van der Waals surface area (Å²) in [7, 11) is 0. The fourth-order valence-electron chi connectivity index (χ4n) is 21.3. The van der Waals surface area contributed by atoms with Crippen LogP contribution < -0.4 is 29.1 Å². The third-order valence-electron chi connectivity index (χ3n) is 28.1. The molecule has 131 heavy (non-hydrogen) atoms. The molecule has 8 aromatic heterocycles. The number of aromatic nitrogens is 16. The number of piperazine rings is 4. The molecule has 0 spiro atoms. The minimum Gasteiger partial charge on any atom is -0.463 e. The molecule has 0 saturated carbocycles. The van der Waals surface area contributed by atoms with Crippen molar-refractivity contribution in [3.8, 4) is 12.0 Å². The largest absolute Gasteiger partial charge is 0.463 e. The van der Waals surface area contributed by atoms with Gasteiger partial charge in [-0.15, -0.1) is 0 Å². The van der Waals surface area contributed by atoms with Crippen LogP contribution in [0.15, 0.2) is 137 Å². The summed E-state index contributed by atoms with van der Waals surface area (Å²) in [5.74, 6) is 5.61. The third-order valence-corrected chi connectivity index (χ3v) is 28.1. The Morgan fingerprint density at radius 1 is 0.389 bits per heavy atom. The first-order valence-corrected chi connectivity index (χ1v) is 46.9. The molecule has 0 radical (unpaired) electrons. The van der Waals surface area contributed by atoms with Gasteiger partial charge in [-0.3, -0.25) is 39.6 Å². The van der Waals surface area contributed by atoms with Gasteiger partial charge in [0.1, 0.15) is 35.9 Å². The van der Waals surface area contributed by atoms with E-state index in [4.69, 9.17) is 34.4 Å². The number of nitrogens with zero attached hydrogens (tertiary/aromatic N) is 20. The van der Waals surface area contributed by atoms with E-state index in [1.807, 2.05) is 44.4 Å². The number of rotatable bonds is 19. The predicted octanol–water partition coefficient (Wildman–Crippen LogP) is 13.8. The topological polar surface area (TPSA) is 330 Å². The summed E-state index contributed by atoms with van der Waals surface area (Å²) < 4.78 is 11.9. The second kappa shape index (κ2) is 40.0. The lowest BCUT2D eigenvalue weighted by atomic mass is 9.79. The number of carbonyl (C=O) groups is 4. The quantitative estimate of drug-likeness (QED) is 0.0431. The van der Waals surface area contributed by atoms with E-state index < -0.39 is 0 Å². The highest BCUT2D eigenvalue weighted by molar-refractivity contribution is 5.90. The first kappa shape index (κ1) is 89.7. The fourth-order valence-corrected chi connectivity index (χ4v) is 21.3. The molecule has 4 saturated heterocycles. The summed E-state index contributed by atoms with van der Waals surface area (Å²) >= 11 is 0. The van der Waals surface area contributed by atoms with Crippen molar-refractivity contribution in [3.63, 3.8) is 0 Å². The Balaban J connectivity index is 0.000000122. The van der Waals surface area contributed by atoms with Crippen LogP contribution in [-0.2, 0) is 70.5 Å². The highest BCUT2D eigenvalue weighted by Crippen LogP contribution is 2.46. The molecule has 12 aromatic rings. The summed E-state index contributed by atoms with van der Waals surface area (Å²) in [5, 5.41) is 34.4. The average Bonchev–Trinajstić information content (AvgIpc) is 1.77. The fraction of sp³-hybridized carbons (Fsp3) is 0.446. The monoisotopic (exact) mass is 1770 g/mol. The number of benzene rings is 4. The van der Waals surface area contributed by atoms with Crippen LogP contribution in [0.1, 0.15) is 186 Å². The highest BCUT2D eigenvalue weighted by atomic mass is 16.5. The van der Waals surface area contributed by atoms with Gasteiger partial charge in [-0.2, -0.15) is 40.3 Å². The van der Waals surface area contributed by atoms with E-state index >= 15 is 0 Å². The van der Waals surface area contributed by atoms with E-state index in [-0.39, 0.29) is 35.7 Å². The lowest BCUT2D eigenvalue weighted by Gasteiger charge is -2.41. The molecule has 4 aromatic carbocycles. The number of unbranched alkanes of at least 4 members (excludes halogenated alkanes) is 1. The number of H-pyrrole nitrogens is 4. The number of carbonyl (C=O) groups excluding carboxylic acids is 4. The van der Waals surface area contributed by atoms with Crippen molar-refractivity contribution in [2.75, 3.05) is 124 Å². The predicted molar refractivity (Wildman–Crippen MR) is 512 cm³/mol. The molecule has 8 aliphatic rings. The van der Waals surface area contributed by atoms with Gasteiger partial charge in [-0.25, -0.2) is 19.9 Å². The molecule has 30 heteroatoms. The van der Waals surface area contributed by atoms with Crippen LogP contribution in [-0.4, -0.2) is 241 Å². The lowest BCUT2D eigenvalue weighted by molar-refractivity contribution is -0.128. The van der Waals surface area contributed by atoms with E-state index in [2.05, 4.69) is 206 Å². The second-order valence-corrected chi connectivity index (χ2v) is 36.2. The number of anilines is 4. The van der Waals surface area contributed by atoms with Crippen LogP contribution in [0, 0.1) is 27.7 Å². The van der Waals surface area contributed by atoms with Crippen LogP contribution in [0.25, 0.3) is 43.6 Å². The minimum atomic E-state index is -0.0111. The molecule has 4 N–H and O–H groups in total. The number of aromatic amines is 4. The first-order valence-electron chi connectivity index (χ1n) is 46.9. The minimum absolute atomic E-state index is 0.00264. The summed E-state index contributed by atoms with van der Waals surface area (Å²) in [5.41, 5.74) is 24.5. The van der Waals surface area contributed by atoms with Gasteiger partial charge in [-0.05, 0) is 248 Å². The number of hydrogen-bond acceptors (Lipinski definition) is 22. The molecule has 0 bridgehead atoms. The smallest absolute Gasteiger partial charge is 0.318 e. The Labute approximate surface area is 765 Å². The first-order chi connectivity index (χ1) is 63.8.